The van der Waals surface area contributed by atoms with Crippen LogP contribution >= 0.6 is 27.7 Å². The van der Waals surface area contributed by atoms with E-state index in [1.54, 1.807) is 36.0 Å². The van der Waals surface area contributed by atoms with Crippen molar-refractivity contribution in [2.45, 2.75) is 19.1 Å². The molecule has 3 aromatic rings. The van der Waals surface area contributed by atoms with Crippen LogP contribution in [0.3, 0.4) is 0 Å². The number of hydrogen-bond donors (Lipinski definition) is 1. The Morgan fingerprint density at radius 3 is 2.73 bits per heavy atom. The number of hydrogen-bond acceptors (Lipinski definition) is 7. The molecule has 0 fully saturated rings. The molecular formula is C21H20BrN3O4S. The number of ether oxygens (including phenoxy) is 1. The molecular weight excluding hydrogens is 470 g/mol. The van der Waals surface area contributed by atoms with Crippen molar-refractivity contribution < 1.29 is 18.8 Å². The number of nitrogens with zero attached hydrogens (tertiary/aromatic N) is 2. The summed E-state index contributed by atoms with van der Waals surface area (Å²) in [6, 6.07) is 15.4. The SMILES string of the molecule is CSCCC(NC(=O)c1ccccc1)C(=O)OCc1nc(-c2cccc(Br)c2)no1. The summed E-state index contributed by atoms with van der Waals surface area (Å²) in [6.07, 6.45) is 2.38. The molecule has 1 N–H and O–H groups in total. The van der Waals surface area contributed by atoms with Crippen LogP contribution in [-0.4, -0.2) is 40.1 Å². The van der Waals surface area contributed by atoms with Crippen LogP contribution in [-0.2, 0) is 16.1 Å². The largest absolute Gasteiger partial charge is 0.454 e. The Hall–Kier alpha value is -2.65. The molecule has 0 bridgehead atoms. The normalized spacial score (nSPS) is 11.7. The fourth-order valence-electron chi connectivity index (χ4n) is 2.61. The third-order valence-electron chi connectivity index (χ3n) is 4.13. The van der Waals surface area contributed by atoms with Crippen molar-refractivity contribution in [1.29, 1.82) is 0 Å². The van der Waals surface area contributed by atoms with Gasteiger partial charge in [-0.25, -0.2) is 4.79 Å². The fraction of sp³-hybridized carbons (Fsp3) is 0.238. The van der Waals surface area contributed by atoms with E-state index in [0.717, 1.165) is 10.0 Å². The number of carbonyl (C=O) groups excluding carboxylic acids is 2. The van der Waals surface area contributed by atoms with Crippen LogP contribution in [0.5, 0.6) is 0 Å². The fourth-order valence-corrected chi connectivity index (χ4v) is 3.48. The van der Waals surface area contributed by atoms with Crippen molar-refractivity contribution in [3.8, 4) is 11.4 Å². The summed E-state index contributed by atoms with van der Waals surface area (Å²) in [6.45, 7) is -0.170. The highest BCUT2D eigenvalue weighted by atomic mass is 79.9. The van der Waals surface area contributed by atoms with E-state index in [1.807, 2.05) is 36.6 Å². The number of amides is 1. The molecule has 7 nitrogen and oxygen atoms in total. The van der Waals surface area contributed by atoms with Crippen molar-refractivity contribution >= 4 is 39.6 Å². The minimum Gasteiger partial charge on any atom is -0.454 e. The third kappa shape index (κ3) is 6.17. The number of thioether (sulfide) groups is 1. The summed E-state index contributed by atoms with van der Waals surface area (Å²) in [5.41, 5.74) is 1.26. The molecule has 0 saturated carbocycles. The Kier molecular flexibility index (Phi) is 8.04. The Bertz CT molecular complexity index is 997. The number of rotatable bonds is 9. The van der Waals surface area contributed by atoms with Gasteiger partial charge in [0.1, 0.15) is 6.04 Å². The maximum atomic E-state index is 12.6. The first-order valence-corrected chi connectivity index (χ1v) is 11.4. The van der Waals surface area contributed by atoms with Crippen LogP contribution in [0.4, 0.5) is 0 Å². The van der Waals surface area contributed by atoms with Crippen molar-refractivity contribution in [1.82, 2.24) is 15.5 Å². The average molecular weight is 490 g/mol. The molecule has 0 aliphatic carbocycles. The average Bonchev–Trinajstić information content (AvgIpc) is 3.24. The molecule has 1 heterocycles. The van der Waals surface area contributed by atoms with E-state index in [9.17, 15) is 9.59 Å². The summed E-state index contributed by atoms with van der Waals surface area (Å²) < 4.78 is 11.4. The lowest BCUT2D eigenvalue weighted by Crippen LogP contribution is -2.42. The Morgan fingerprint density at radius 1 is 1.20 bits per heavy atom. The van der Waals surface area contributed by atoms with Gasteiger partial charge in [0.25, 0.3) is 11.8 Å². The number of benzene rings is 2. The molecule has 2 aromatic carbocycles. The monoisotopic (exact) mass is 489 g/mol. The Morgan fingerprint density at radius 2 is 2.00 bits per heavy atom. The molecule has 156 valence electrons. The highest BCUT2D eigenvalue weighted by Gasteiger charge is 2.23. The van der Waals surface area contributed by atoms with Gasteiger partial charge in [-0.3, -0.25) is 4.79 Å². The molecule has 0 radical (unpaired) electrons. The summed E-state index contributed by atoms with van der Waals surface area (Å²) in [5.74, 6) is 0.404. The minimum atomic E-state index is -0.766. The van der Waals surface area contributed by atoms with Crippen molar-refractivity contribution in [3.05, 3.63) is 70.5 Å². The van der Waals surface area contributed by atoms with Crippen molar-refractivity contribution in [2.24, 2.45) is 0 Å². The van der Waals surface area contributed by atoms with Crippen molar-refractivity contribution in [3.63, 3.8) is 0 Å². The zero-order valence-electron chi connectivity index (χ0n) is 16.2. The molecule has 0 spiro atoms. The van der Waals surface area contributed by atoms with E-state index in [1.165, 1.54) is 0 Å². The summed E-state index contributed by atoms with van der Waals surface area (Å²) in [5, 5.41) is 6.66. The zero-order valence-corrected chi connectivity index (χ0v) is 18.6. The first kappa shape index (κ1) is 22.0. The van der Waals surface area contributed by atoms with Gasteiger partial charge in [0.05, 0.1) is 0 Å². The quantitative estimate of drug-likeness (QED) is 0.452. The molecule has 0 aliphatic rings. The summed E-state index contributed by atoms with van der Waals surface area (Å²) in [7, 11) is 0. The molecule has 0 aliphatic heterocycles. The van der Waals surface area contributed by atoms with Gasteiger partial charge in [-0.2, -0.15) is 16.7 Å². The van der Waals surface area contributed by atoms with Gasteiger partial charge >= 0.3 is 5.97 Å². The Balaban J connectivity index is 1.61. The second-order valence-electron chi connectivity index (χ2n) is 6.30. The highest BCUT2D eigenvalue weighted by Crippen LogP contribution is 2.20. The minimum absolute atomic E-state index is 0.170. The van der Waals surface area contributed by atoms with E-state index in [-0.39, 0.29) is 18.4 Å². The van der Waals surface area contributed by atoms with E-state index >= 15 is 0 Å². The molecule has 1 aromatic heterocycles. The number of halogens is 1. The first-order chi connectivity index (χ1) is 14.6. The van der Waals surface area contributed by atoms with Crippen LogP contribution in [0, 0.1) is 0 Å². The number of esters is 1. The predicted octanol–water partition coefficient (Wildman–Crippen LogP) is 4.09. The number of carbonyl (C=O) groups is 2. The van der Waals surface area contributed by atoms with Crippen LogP contribution in [0.2, 0.25) is 0 Å². The third-order valence-corrected chi connectivity index (χ3v) is 5.26. The maximum absolute atomic E-state index is 12.6. The Labute approximate surface area is 186 Å². The number of aromatic nitrogens is 2. The lowest BCUT2D eigenvalue weighted by atomic mass is 10.1. The second kappa shape index (κ2) is 10.9. The molecule has 9 heteroatoms. The lowest BCUT2D eigenvalue weighted by molar-refractivity contribution is -0.148. The second-order valence-corrected chi connectivity index (χ2v) is 8.20. The van der Waals surface area contributed by atoms with E-state index < -0.39 is 12.0 Å². The topological polar surface area (TPSA) is 94.3 Å². The smallest absolute Gasteiger partial charge is 0.329 e. The standard InChI is InChI=1S/C21H20BrN3O4S/c1-30-11-10-17(23-20(26)14-6-3-2-4-7-14)21(27)28-13-18-24-19(25-29-18)15-8-5-9-16(22)12-15/h2-9,12,17H,10-11,13H2,1H3,(H,23,26). The number of nitrogens with one attached hydrogen (secondary N) is 1. The zero-order chi connectivity index (χ0) is 21.3. The maximum Gasteiger partial charge on any atom is 0.329 e. The van der Waals surface area contributed by atoms with Gasteiger partial charge in [0, 0.05) is 15.6 Å². The van der Waals surface area contributed by atoms with Crippen molar-refractivity contribution in [2.75, 3.05) is 12.0 Å². The van der Waals surface area contributed by atoms with Crippen LogP contribution < -0.4 is 5.32 Å². The van der Waals surface area contributed by atoms with E-state index in [4.69, 9.17) is 9.26 Å². The molecule has 30 heavy (non-hydrogen) atoms. The van der Waals surface area contributed by atoms with Crippen LogP contribution in [0.1, 0.15) is 22.7 Å². The molecule has 1 atom stereocenters. The van der Waals surface area contributed by atoms with E-state index in [0.29, 0.717) is 23.6 Å². The lowest BCUT2D eigenvalue weighted by Gasteiger charge is -2.16. The van der Waals surface area contributed by atoms with Gasteiger partial charge in [-0.1, -0.05) is 51.4 Å². The molecule has 1 amide bonds. The summed E-state index contributed by atoms with van der Waals surface area (Å²) >= 11 is 4.98. The van der Waals surface area contributed by atoms with Crippen LogP contribution in [0.15, 0.2) is 63.6 Å². The highest BCUT2D eigenvalue weighted by molar-refractivity contribution is 9.10. The van der Waals surface area contributed by atoms with Gasteiger partial charge in [-0.15, -0.1) is 0 Å². The molecule has 0 saturated heterocycles. The van der Waals surface area contributed by atoms with Gasteiger partial charge in [-0.05, 0) is 42.7 Å². The predicted molar refractivity (Wildman–Crippen MR) is 118 cm³/mol. The van der Waals surface area contributed by atoms with Gasteiger partial charge in [0.15, 0.2) is 6.61 Å². The van der Waals surface area contributed by atoms with E-state index in [2.05, 4.69) is 31.4 Å². The molecule has 1 unspecified atom stereocenters. The van der Waals surface area contributed by atoms with Crippen LogP contribution in [0.25, 0.3) is 11.4 Å². The van der Waals surface area contributed by atoms with Gasteiger partial charge in [0.2, 0.25) is 5.82 Å². The summed E-state index contributed by atoms with van der Waals surface area (Å²) in [4.78, 5) is 29.2. The first-order valence-electron chi connectivity index (χ1n) is 9.17. The molecule has 3 rings (SSSR count). The van der Waals surface area contributed by atoms with Gasteiger partial charge < -0.3 is 14.6 Å².